The molecule has 1 fully saturated rings. The number of carbonyl (C=O) groups is 4. The van der Waals surface area contributed by atoms with Crippen LogP contribution in [0.4, 0.5) is 0 Å². The first-order chi connectivity index (χ1) is 16.5. The number of hydrogen-bond donors (Lipinski definition) is 3. The predicted molar refractivity (Wildman–Crippen MR) is 131 cm³/mol. The van der Waals surface area contributed by atoms with Crippen molar-refractivity contribution in [3.05, 3.63) is 30.3 Å². The Hall–Kier alpha value is -2.95. The molecule has 11 heteroatoms. The molecule has 1 aromatic rings. The minimum Gasteiger partial charge on any atom is -0.354 e. The zero-order valence-electron chi connectivity index (χ0n) is 20.6. The van der Waals surface area contributed by atoms with E-state index in [1.54, 1.807) is 25.1 Å². The van der Waals surface area contributed by atoms with Gasteiger partial charge in [-0.3, -0.25) is 19.2 Å². The van der Waals surface area contributed by atoms with E-state index in [9.17, 15) is 27.6 Å². The van der Waals surface area contributed by atoms with Crippen molar-refractivity contribution in [1.29, 1.82) is 0 Å². The fourth-order valence-electron chi connectivity index (χ4n) is 3.70. The summed E-state index contributed by atoms with van der Waals surface area (Å²) >= 11 is 0. The number of amides is 4. The van der Waals surface area contributed by atoms with E-state index in [0.717, 1.165) is 0 Å². The summed E-state index contributed by atoms with van der Waals surface area (Å²) in [4.78, 5) is 51.9. The molecule has 0 unspecified atom stereocenters. The average Bonchev–Trinajstić information content (AvgIpc) is 2.82. The van der Waals surface area contributed by atoms with Gasteiger partial charge in [0.25, 0.3) is 0 Å². The second-order valence-corrected chi connectivity index (χ2v) is 11.1. The Bertz CT molecular complexity index is 997. The first-order valence-corrected chi connectivity index (χ1v) is 13.6. The van der Waals surface area contributed by atoms with E-state index in [4.69, 9.17) is 0 Å². The Morgan fingerprint density at radius 3 is 2.34 bits per heavy atom. The summed E-state index contributed by atoms with van der Waals surface area (Å²) in [5.41, 5.74) is 0. The molecule has 0 aromatic heterocycles. The van der Waals surface area contributed by atoms with Gasteiger partial charge in [0.2, 0.25) is 23.6 Å². The summed E-state index contributed by atoms with van der Waals surface area (Å²) in [6.07, 6.45) is 0.734. The minimum absolute atomic E-state index is 0.106. The largest absolute Gasteiger partial charge is 0.354 e. The van der Waals surface area contributed by atoms with E-state index in [0.29, 0.717) is 19.4 Å². The van der Waals surface area contributed by atoms with Gasteiger partial charge in [-0.1, -0.05) is 32.0 Å². The number of hydrogen-bond acceptors (Lipinski definition) is 6. The second-order valence-electron chi connectivity index (χ2n) is 9.03. The highest BCUT2D eigenvalue weighted by Crippen LogP contribution is 2.12. The molecule has 3 N–H and O–H groups in total. The maximum absolute atomic E-state index is 12.9. The van der Waals surface area contributed by atoms with Crippen molar-refractivity contribution in [2.75, 3.05) is 25.4 Å². The summed E-state index contributed by atoms with van der Waals surface area (Å²) in [5.74, 6) is -1.93. The molecule has 0 radical (unpaired) electrons. The number of nitrogens with one attached hydrogen (secondary N) is 3. The lowest BCUT2D eigenvalue weighted by atomic mass is 10.0. The lowest BCUT2D eigenvalue weighted by Crippen LogP contribution is -2.54. The van der Waals surface area contributed by atoms with Crippen molar-refractivity contribution in [2.45, 2.75) is 63.4 Å². The molecule has 10 nitrogen and oxygen atoms in total. The lowest BCUT2D eigenvalue weighted by Gasteiger charge is -2.24. The monoisotopic (exact) mass is 508 g/mol. The molecule has 0 spiro atoms. The summed E-state index contributed by atoms with van der Waals surface area (Å²) in [6, 6.07) is 6.40. The van der Waals surface area contributed by atoms with Crippen LogP contribution in [0.25, 0.3) is 0 Å². The van der Waals surface area contributed by atoms with Crippen LogP contribution in [0, 0.1) is 5.92 Å². The molecule has 1 aromatic carbocycles. The van der Waals surface area contributed by atoms with Crippen molar-refractivity contribution < 1.29 is 27.6 Å². The Labute approximate surface area is 207 Å². The van der Waals surface area contributed by atoms with Gasteiger partial charge < -0.3 is 20.9 Å². The molecule has 1 saturated heterocycles. The maximum Gasteiger partial charge on any atom is 0.242 e. The van der Waals surface area contributed by atoms with Crippen molar-refractivity contribution in [2.24, 2.45) is 5.92 Å². The third-order valence-corrected chi connectivity index (χ3v) is 7.53. The van der Waals surface area contributed by atoms with Gasteiger partial charge in [-0.15, -0.1) is 0 Å². The SMILES string of the molecule is CC(C)[C@H]1NC(=O)[C@@H](C)NC(=O)CCCN(C(=O)CCS(=O)(=O)c2ccccc2)CCCNC1=O. The van der Waals surface area contributed by atoms with Crippen LogP contribution in [0.1, 0.15) is 46.5 Å². The van der Waals surface area contributed by atoms with Crippen LogP contribution in [0.2, 0.25) is 0 Å². The maximum atomic E-state index is 12.9. The Morgan fingerprint density at radius 2 is 1.69 bits per heavy atom. The molecule has 2 rings (SSSR count). The molecule has 0 saturated carbocycles. The Morgan fingerprint density at radius 1 is 1.03 bits per heavy atom. The first kappa shape index (κ1) is 28.3. The summed E-state index contributed by atoms with van der Waals surface area (Å²) in [6.45, 7) is 6.03. The number of nitrogens with zero attached hydrogens (tertiary/aromatic N) is 1. The molecule has 0 bridgehead atoms. The van der Waals surface area contributed by atoms with Gasteiger partial charge in [0.05, 0.1) is 10.6 Å². The molecular formula is C24H36N4O6S. The Kier molecular flexibility index (Phi) is 10.7. The van der Waals surface area contributed by atoms with E-state index in [-0.39, 0.29) is 60.2 Å². The van der Waals surface area contributed by atoms with Gasteiger partial charge in [0, 0.05) is 32.5 Å². The lowest BCUT2D eigenvalue weighted by molar-refractivity contribution is -0.132. The third-order valence-electron chi connectivity index (χ3n) is 5.79. The van der Waals surface area contributed by atoms with E-state index < -0.39 is 27.8 Å². The van der Waals surface area contributed by atoms with Gasteiger partial charge in [-0.25, -0.2) is 8.42 Å². The van der Waals surface area contributed by atoms with E-state index in [1.807, 2.05) is 13.8 Å². The third kappa shape index (κ3) is 8.97. The predicted octanol–water partition coefficient (Wildman–Crippen LogP) is 0.625. The van der Waals surface area contributed by atoms with Crippen LogP contribution in [0.5, 0.6) is 0 Å². The van der Waals surface area contributed by atoms with Crippen LogP contribution in [0.15, 0.2) is 35.2 Å². The minimum atomic E-state index is -3.60. The topological polar surface area (TPSA) is 142 Å². The van der Waals surface area contributed by atoms with Crippen LogP contribution < -0.4 is 16.0 Å². The number of sulfone groups is 1. The molecule has 2 atom stereocenters. The second kappa shape index (κ2) is 13.2. The quantitative estimate of drug-likeness (QED) is 0.533. The zero-order chi connectivity index (χ0) is 26.0. The van der Waals surface area contributed by atoms with Gasteiger partial charge in [0.15, 0.2) is 9.84 Å². The smallest absolute Gasteiger partial charge is 0.242 e. The molecule has 1 heterocycles. The van der Waals surface area contributed by atoms with E-state index in [2.05, 4.69) is 16.0 Å². The summed E-state index contributed by atoms with van der Waals surface area (Å²) in [5, 5.41) is 8.10. The van der Waals surface area contributed by atoms with Crippen molar-refractivity contribution in [1.82, 2.24) is 20.9 Å². The molecule has 194 valence electrons. The van der Waals surface area contributed by atoms with Crippen LogP contribution in [-0.4, -0.2) is 74.4 Å². The van der Waals surface area contributed by atoms with Crippen molar-refractivity contribution in [3.63, 3.8) is 0 Å². The standard InChI is InChI=1S/C24H36N4O6S/c1-17(2)22-24(32)25-13-8-15-28(14-7-11-20(29)26-18(3)23(31)27-22)21(30)12-16-35(33,34)19-9-5-4-6-10-19/h4-6,9-10,17-18,22H,7-8,11-16H2,1-3H3,(H,25,32)(H,26,29)(H,27,31)/t18-,22-/m1/s1. The molecule has 1 aliphatic rings. The first-order valence-electron chi connectivity index (χ1n) is 11.9. The number of rotatable bonds is 5. The van der Waals surface area contributed by atoms with Crippen LogP contribution in [0.3, 0.4) is 0 Å². The highest BCUT2D eigenvalue weighted by Gasteiger charge is 2.27. The molecule has 4 amide bonds. The van der Waals surface area contributed by atoms with Gasteiger partial charge in [-0.2, -0.15) is 0 Å². The van der Waals surface area contributed by atoms with Crippen LogP contribution in [-0.2, 0) is 29.0 Å². The van der Waals surface area contributed by atoms with Crippen molar-refractivity contribution >= 4 is 33.5 Å². The Balaban J connectivity index is 2.06. The van der Waals surface area contributed by atoms with Crippen LogP contribution >= 0.6 is 0 Å². The number of benzene rings is 1. The average molecular weight is 509 g/mol. The van der Waals surface area contributed by atoms with Gasteiger partial charge in [0.1, 0.15) is 12.1 Å². The molecule has 35 heavy (non-hydrogen) atoms. The highest BCUT2D eigenvalue weighted by molar-refractivity contribution is 7.91. The summed E-state index contributed by atoms with van der Waals surface area (Å²) in [7, 11) is -3.60. The fraction of sp³-hybridized carbons (Fsp3) is 0.583. The number of carbonyl (C=O) groups excluding carboxylic acids is 4. The zero-order valence-corrected chi connectivity index (χ0v) is 21.4. The fourth-order valence-corrected chi connectivity index (χ4v) is 4.95. The van der Waals surface area contributed by atoms with Crippen molar-refractivity contribution in [3.8, 4) is 0 Å². The summed E-state index contributed by atoms with van der Waals surface area (Å²) < 4.78 is 25.1. The molecule has 1 aliphatic heterocycles. The normalized spacial score (nSPS) is 21.4. The molecular weight excluding hydrogens is 472 g/mol. The van der Waals surface area contributed by atoms with Gasteiger partial charge in [-0.05, 0) is 37.8 Å². The van der Waals surface area contributed by atoms with E-state index >= 15 is 0 Å². The van der Waals surface area contributed by atoms with Gasteiger partial charge >= 0.3 is 0 Å². The molecule has 0 aliphatic carbocycles. The highest BCUT2D eigenvalue weighted by atomic mass is 32.2. The van der Waals surface area contributed by atoms with E-state index in [1.165, 1.54) is 17.0 Å².